The molecule has 8 rings (SSSR count). The molecule has 1 aliphatic rings. The van der Waals surface area contributed by atoms with Gasteiger partial charge in [-0.05, 0) is 83.8 Å². The van der Waals surface area contributed by atoms with Gasteiger partial charge in [0.2, 0.25) is 5.71 Å². The van der Waals surface area contributed by atoms with Crippen LogP contribution in [-0.2, 0) is 20.1 Å². The average Bonchev–Trinajstić information content (AvgIpc) is 3.54. The van der Waals surface area contributed by atoms with Crippen LogP contribution in [0, 0.1) is 19.1 Å². The second kappa shape index (κ2) is 16.3. The first-order valence-corrected chi connectivity index (χ1v) is 18.1. The van der Waals surface area contributed by atoms with Crippen LogP contribution in [0.1, 0.15) is 99.8 Å². The Labute approximate surface area is 316 Å². The zero-order valence-electron chi connectivity index (χ0n) is 30.2. The third-order valence-electron chi connectivity index (χ3n) is 10.0. The second-order valence-electron chi connectivity index (χ2n) is 14.1. The number of benzene rings is 3. The molecule has 1 fully saturated rings. The van der Waals surface area contributed by atoms with E-state index in [0.717, 1.165) is 44.6 Å². The number of aryl methyl sites for hydroxylation is 1. The predicted octanol–water partition coefficient (Wildman–Crippen LogP) is 12.7. The largest absolute Gasteiger partial charge is 0.486 e. The SMILES string of the molecule is Cc1cc(-c2[c-]ccc3c2oc2nc(-c4c(C(C)C)cccc4C(C)C)ccc23)ncc1C1CCCCC1.[Ir].[c-]1ccccc1-c1ccccn1. The summed E-state index contributed by atoms with van der Waals surface area (Å²) in [5, 5.41) is 2.09. The standard InChI is InChI=1S/C35H37N2O.C11H8N.Ir/c1-21(2)25-13-9-14-26(22(3)4)33(25)31-18-17-28-27-15-10-16-29(34(27)38-35(28)37-31)32-19-23(5)30(20-36-32)24-11-7-6-8-12-24;1-2-6-10(7-3-1)11-8-4-5-9-12-11;/h9-10,13-15,17-22,24H,6-8,11-12H2,1-5H3;1-6,8-9H;/q2*-1;. The normalized spacial score (nSPS) is 13.3. The molecule has 0 unspecified atom stereocenters. The van der Waals surface area contributed by atoms with E-state index >= 15 is 0 Å². The number of nitrogens with zero attached hydrogens (tertiary/aromatic N) is 3. The topological polar surface area (TPSA) is 51.8 Å². The van der Waals surface area contributed by atoms with Crippen LogP contribution in [0.25, 0.3) is 55.8 Å². The fourth-order valence-corrected chi connectivity index (χ4v) is 7.42. The minimum Gasteiger partial charge on any atom is -0.486 e. The van der Waals surface area contributed by atoms with Gasteiger partial charge in [-0.25, -0.2) is 4.98 Å². The van der Waals surface area contributed by atoms with E-state index in [9.17, 15) is 0 Å². The molecule has 0 spiro atoms. The summed E-state index contributed by atoms with van der Waals surface area (Å²) in [5.74, 6) is 1.45. The number of hydrogen-bond acceptors (Lipinski definition) is 4. The van der Waals surface area contributed by atoms with Crippen molar-refractivity contribution in [3.63, 3.8) is 0 Å². The van der Waals surface area contributed by atoms with Crippen LogP contribution >= 0.6 is 0 Å². The Hall–Kier alpha value is -4.44. The minimum absolute atomic E-state index is 0. The molecule has 1 saturated carbocycles. The number of rotatable bonds is 6. The second-order valence-corrected chi connectivity index (χ2v) is 14.1. The third-order valence-corrected chi connectivity index (χ3v) is 10.0. The maximum atomic E-state index is 6.50. The van der Waals surface area contributed by atoms with Gasteiger partial charge >= 0.3 is 0 Å². The van der Waals surface area contributed by atoms with Crippen molar-refractivity contribution < 1.29 is 24.5 Å². The van der Waals surface area contributed by atoms with Gasteiger partial charge in [-0.1, -0.05) is 99.9 Å². The van der Waals surface area contributed by atoms with Crippen LogP contribution < -0.4 is 0 Å². The molecule has 0 aliphatic heterocycles. The maximum Gasteiger partial charge on any atom is 0.216 e. The molecule has 0 N–H and O–H groups in total. The van der Waals surface area contributed by atoms with Gasteiger partial charge in [0.05, 0.1) is 11.3 Å². The summed E-state index contributed by atoms with van der Waals surface area (Å²) in [6.07, 6.45) is 10.5. The van der Waals surface area contributed by atoms with Gasteiger partial charge in [0, 0.05) is 43.4 Å². The molecule has 1 aliphatic carbocycles. The summed E-state index contributed by atoms with van der Waals surface area (Å²) in [6, 6.07) is 37.5. The van der Waals surface area contributed by atoms with Gasteiger partial charge in [-0.3, -0.25) is 0 Å². The van der Waals surface area contributed by atoms with Gasteiger partial charge in [-0.15, -0.1) is 54.1 Å². The first-order valence-electron chi connectivity index (χ1n) is 18.1. The Balaban J connectivity index is 0.000000291. The number of aromatic nitrogens is 3. The Morgan fingerprint density at radius 3 is 2.14 bits per heavy atom. The molecule has 4 aromatic heterocycles. The molecule has 4 heterocycles. The van der Waals surface area contributed by atoms with Crippen molar-refractivity contribution in [2.75, 3.05) is 0 Å². The van der Waals surface area contributed by atoms with Crippen molar-refractivity contribution in [2.24, 2.45) is 0 Å². The van der Waals surface area contributed by atoms with Crippen molar-refractivity contribution >= 4 is 22.1 Å². The smallest absolute Gasteiger partial charge is 0.216 e. The average molecular weight is 848 g/mol. The van der Waals surface area contributed by atoms with Crippen molar-refractivity contribution in [2.45, 2.75) is 84.5 Å². The van der Waals surface area contributed by atoms with Gasteiger partial charge in [-0.2, -0.15) is 0 Å². The van der Waals surface area contributed by atoms with Crippen molar-refractivity contribution in [3.05, 3.63) is 138 Å². The Morgan fingerprint density at radius 2 is 1.47 bits per heavy atom. The molecule has 51 heavy (non-hydrogen) atoms. The summed E-state index contributed by atoms with van der Waals surface area (Å²) in [6.45, 7) is 11.2. The van der Waals surface area contributed by atoms with Gasteiger partial charge in [0.25, 0.3) is 0 Å². The van der Waals surface area contributed by atoms with E-state index in [1.54, 1.807) is 6.20 Å². The monoisotopic (exact) mass is 848 g/mol. The van der Waals surface area contributed by atoms with Crippen LogP contribution in [0.15, 0.2) is 108 Å². The number of pyridine rings is 3. The summed E-state index contributed by atoms with van der Waals surface area (Å²) in [7, 11) is 0. The van der Waals surface area contributed by atoms with Crippen molar-refractivity contribution in [3.8, 4) is 33.8 Å². The van der Waals surface area contributed by atoms with E-state index in [-0.39, 0.29) is 20.1 Å². The van der Waals surface area contributed by atoms with Gasteiger partial charge in [0.15, 0.2) is 0 Å². The third kappa shape index (κ3) is 7.76. The van der Waals surface area contributed by atoms with E-state index in [2.05, 4.69) is 100 Å². The van der Waals surface area contributed by atoms with E-state index in [1.807, 2.05) is 48.5 Å². The first kappa shape index (κ1) is 36.4. The summed E-state index contributed by atoms with van der Waals surface area (Å²) < 4.78 is 6.50. The van der Waals surface area contributed by atoms with Crippen molar-refractivity contribution in [1.29, 1.82) is 0 Å². The van der Waals surface area contributed by atoms with Crippen LogP contribution in [-0.4, -0.2) is 15.0 Å². The fraction of sp³-hybridized carbons (Fsp3) is 0.283. The van der Waals surface area contributed by atoms with E-state index in [0.29, 0.717) is 23.5 Å². The van der Waals surface area contributed by atoms with E-state index in [4.69, 9.17) is 14.4 Å². The number of furan rings is 1. The van der Waals surface area contributed by atoms with Crippen LogP contribution in [0.5, 0.6) is 0 Å². The van der Waals surface area contributed by atoms with Crippen molar-refractivity contribution in [1.82, 2.24) is 15.0 Å². The summed E-state index contributed by atoms with van der Waals surface area (Å²) >= 11 is 0. The molecule has 3 aromatic carbocycles. The molecule has 0 bridgehead atoms. The Kier molecular flexibility index (Phi) is 11.6. The molecular formula is C46H45IrN3O-2. The molecule has 5 heteroatoms. The molecule has 1 radical (unpaired) electrons. The molecule has 0 saturated heterocycles. The fourth-order valence-electron chi connectivity index (χ4n) is 7.42. The van der Waals surface area contributed by atoms with E-state index in [1.165, 1.54) is 59.9 Å². The predicted molar refractivity (Wildman–Crippen MR) is 206 cm³/mol. The molecule has 7 aromatic rings. The van der Waals surface area contributed by atoms with Crippen LogP contribution in [0.2, 0.25) is 0 Å². The Morgan fingerprint density at radius 1 is 0.706 bits per heavy atom. The first-order chi connectivity index (χ1) is 24.4. The zero-order chi connectivity index (χ0) is 34.6. The van der Waals surface area contributed by atoms with Crippen LogP contribution in [0.3, 0.4) is 0 Å². The molecular weight excluding hydrogens is 803 g/mol. The summed E-state index contributed by atoms with van der Waals surface area (Å²) in [4.78, 5) is 14.2. The number of hydrogen-bond donors (Lipinski definition) is 0. The van der Waals surface area contributed by atoms with Gasteiger partial charge < -0.3 is 14.4 Å². The Bertz CT molecular complexity index is 2150. The molecule has 0 amide bonds. The molecule has 261 valence electrons. The number of fused-ring (bicyclic) bond motifs is 3. The van der Waals surface area contributed by atoms with Gasteiger partial charge in [0.1, 0.15) is 0 Å². The summed E-state index contributed by atoms with van der Waals surface area (Å²) in [5.41, 5.74) is 12.9. The quantitative estimate of drug-likeness (QED) is 0.156. The minimum atomic E-state index is 0. The molecule has 0 atom stereocenters. The maximum absolute atomic E-state index is 6.50. The molecule has 4 nitrogen and oxygen atoms in total. The van der Waals surface area contributed by atoms with E-state index < -0.39 is 0 Å². The van der Waals surface area contributed by atoms with Crippen LogP contribution in [0.4, 0.5) is 0 Å². The zero-order valence-corrected chi connectivity index (χ0v) is 32.6.